The molecule has 1 aliphatic carbocycles. The molecule has 0 bridgehead atoms. The van der Waals surface area contributed by atoms with Crippen molar-refractivity contribution in [1.29, 1.82) is 0 Å². The number of benzene rings is 1. The zero-order valence-corrected chi connectivity index (χ0v) is 14.0. The summed E-state index contributed by atoms with van der Waals surface area (Å²) in [5, 5.41) is 4.97. The second kappa shape index (κ2) is 7.32. The summed E-state index contributed by atoms with van der Waals surface area (Å²) in [6.07, 6.45) is 6.78. The van der Waals surface area contributed by atoms with E-state index in [-0.39, 0.29) is 0 Å². The van der Waals surface area contributed by atoms with Gasteiger partial charge in [0.15, 0.2) is 0 Å². The van der Waals surface area contributed by atoms with E-state index in [9.17, 15) is 0 Å². The van der Waals surface area contributed by atoms with Crippen LogP contribution < -0.4 is 5.32 Å². The maximum absolute atomic E-state index is 6.26. The van der Waals surface area contributed by atoms with Crippen LogP contribution in [0.15, 0.2) is 18.2 Å². The first-order chi connectivity index (χ1) is 10.2. The minimum absolute atomic E-state index is 0.476. The van der Waals surface area contributed by atoms with Gasteiger partial charge in [0.1, 0.15) is 0 Å². The number of hydrogen-bond acceptors (Lipinski definition) is 2. The van der Waals surface area contributed by atoms with Crippen LogP contribution in [-0.2, 0) is 0 Å². The monoisotopic (exact) mass is 326 g/mol. The highest BCUT2D eigenvalue weighted by Crippen LogP contribution is 2.40. The van der Waals surface area contributed by atoms with Crippen LogP contribution in [0.1, 0.15) is 43.7 Å². The lowest BCUT2D eigenvalue weighted by molar-refractivity contribution is 0.103. The molecule has 0 unspecified atom stereocenters. The molecular formula is C17H24Cl2N2. The molecule has 116 valence electrons. The summed E-state index contributed by atoms with van der Waals surface area (Å²) in [4.78, 5) is 2.63. The molecule has 3 rings (SSSR count). The standard InChI is InChI=1S/C17H24Cl2N2/c18-15-10-14(11-16(19)12-15)17(13-4-2-1-3-5-13)21-8-6-20-7-9-21/h10-13,17,20H,1-9H2/t17-/m0/s1. The molecule has 0 amide bonds. The predicted molar refractivity (Wildman–Crippen MR) is 90.2 cm³/mol. The van der Waals surface area contributed by atoms with E-state index in [0.29, 0.717) is 6.04 Å². The van der Waals surface area contributed by atoms with Crippen molar-refractivity contribution >= 4 is 23.2 Å². The van der Waals surface area contributed by atoms with E-state index < -0.39 is 0 Å². The van der Waals surface area contributed by atoms with Crippen molar-refractivity contribution in [2.24, 2.45) is 5.92 Å². The van der Waals surface area contributed by atoms with Gasteiger partial charge in [0.25, 0.3) is 0 Å². The van der Waals surface area contributed by atoms with E-state index in [1.807, 2.05) is 6.07 Å². The largest absolute Gasteiger partial charge is 0.314 e. The SMILES string of the molecule is Clc1cc(Cl)cc([C@H](C2CCCCC2)N2CCNCC2)c1. The Morgan fingerprint density at radius 3 is 2.19 bits per heavy atom. The lowest BCUT2D eigenvalue weighted by atomic mass is 9.80. The molecule has 1 saturated carbocycles. The number of halogens is 2. The molecular weight excluding hydrogens is 303 g/mol. The van der Waals surface area contributed by atoms with E-state index in [0.717, 1.165) is 42.1 Å². The van der Waals surface area contributed by atoms with Gasteiger partial charge in [-0.3, -0.25) is 4.90 Å². The van der Waals surface area contributed by atoms with Gasteiger partial charge in [-0.1, -0.05) is 42.5 Å². The molecule has 0 radical (unpaired) electrons. The van der Waals surface area contributed by atoms with Crippen molar-refractivity contribution in [1.82, 2.24) is 10.2 Å². The van der Waals surface area contributed by atoms with Gasteiger partial charge in [0, 0.05) is 42.3 Å². The fourth-order valence-corrected chi connectivity index (χ4v) is 4.48. The Morgan fingerprint density at radius 1 is 0.952 bits per heavy atom. The number of nitrogens with one attached hydrogen (secondary N) is 1. The van der Waals surface area contributed by atoms with Crippen LogP contribution in [0, 0.1) is 5.92 Å². The Labute approximate surface area is 137 Å². The van der Waals surface area contributed by atoms with E-state index in [4.69, 9.17) is 23.2 Å². The highest BCUT2D eigenvalue weighted by molar-refractivity contribution is 6.34. The lowest BCUT2D eigenvalue weighted by Gasteiger charge is -2.41. The molecule has 2 aliphatic rings. The predicted octanol–water partition coefficient (Wildman–Crippen LogP) is 4.52. The molecule has 1 atom stereocenters. The third kappa shape index (κ3) is 3.92. The second-order valence-corrected chi connectivity index (χ2v) is 7.20. The average Bonchev–Trinajstić information content (AvgIpc) is 2.49. The Balaban J connectivity index is 1.89. The minimum Gasteiger partial charge on any atom is -0.314 e. The summed E-state index contributed by atoms with van der Waals surface area (Å²) in [5.41, 5.74) is 1.31. The van der Waals surface area contributed by atoms with Crippen molar-refractivity contribution in [2.45, 2.75) is 38.1 Å². The first kappa shape index (κ1) is 15.6. The van der Waals surface area contributed by atoms with E-state index in [1.54, 1.807) is 0 Å². The van der Waals surface area contributed by atoms with Crippen molar-refractivity contribution in [3.63, 3.8) is 0 Å². The molecule has 1 aliphatic heterocycles. The molecule has 0 aromatic heterocycles. The molecule has 1 aromatic carbocycles. The number of rotatable bonds is 3. The summed E-state index contributed by atoms with van der Waals surface area (Å²) in [5.74, 6) is 0.742. The third-order valence-corrected chi connectivity index (χ3v) is 5.30. The number of hydrogen-bond donors (Lipinski definition) is 1. The Bertz CT molecular complexity index is 428. The quantitative estimate of drug-likeness (QED) is 0.878. The maximum Gasteiger partial charge on any atom is 0.0424 e. The van der Waals surface area contributed by atoms with Gasteiger partial charge >= 0.3 is 0 Å². The van der Waals surface area contributed by atoms with Gasteiger partial charge in [0.05, 0.1) is 0 Å². The summed E-state index contributed by atoms with van der Waals surface area (Å²) in [7, 11) is 0. The lowest BCUT2D eigenvalue weighted by Crippen LogP contribution is -2.47. The van der Waals surface area contributed by atoms with Crippen LogP contribution in [0.5, 0.6) is 0 Å². The van der Waals surface area contributed by atoms with Crippen LogP contribution in [0.4, 0.5) is 0 Å². The molecule has 0 spiro atoms. The fourth-order valence-electron chi connectivity index (χ4n) is 3.94. The Morgan fingerprint density at radius 2 is 1.57 bits per heavy atom. The highest BCUT2D eigenvalue weighted by atomic mass is 35.5. The maximum atomic E-state index is 6.26. The molecule has 21 heavy (non-hydrogen) atoms. The molecule has 1 aromatic rings. The van der Waals surface area contributed by atoms with Crippen molar-refractivity contribution in [3.8, 4) is 0 Å². The van der Waals surface area contributed by atoms with Gasteiger partial charge < -0.3 is 5.32 Å². The summed E-state index contributed by atoms with van der Waals surface area (Å²) >= 11 is 12.5. The number of nitrogens with zero attached hydrogens (tertiary/aromatic N) is 1. The summed E-state index contributed by atoms with van der Waals surface area (Å²) in [6.45, 7) is 4.39. The van der Waals surface area contributed by atoms with Crippen molar-refractivity contribution < 1.29 is 0 Å². The molecule has 4 heteroatoms. The van der Waals surface area contributed by atoms with Crippen molar-refractivity contribution in [3.05, 3.63) is 33.8 Å². The summed E-state index contributed by atoms with van der Waals surface area (Å²) in [6, 6.07) is 6.55. The molecule has 1 N–H and O–H groups in total. The zero-order valence-electron chi connectivity index (χ0n) is 12.5. The second-order valence-electron chi connectivity index (χ2n) is 6.33. The molecule has 2 fully saturated rings. The van der Waals surface area contributed by atoms with Crippen LogP contribution in [0.2, 0.25) is 10.0 Å². The Hall–Kier alpha value is -0.280. The van der Waals surface area contributed by atoms with Gasteiger partial charge in [-0.25, -0.2) is 0 Å². The van der Waals surface area contributed by atoms with Crippen LogP contribution >= 0.6 is 23.2 Å². The van der Waals surface area contributed by atoms with Gasteiger partial charge in [-0.05, 0) is 42.5 Å². The van der Waals surface area contributed by atoms with E-state index in [2.05, 4.69) is 22.3 Å². The smallest absolute Gasteiger partial charge is 0.0424 e. The molecule has 1 saturated heterocycles. The highest BCUT2D eigenvalue weighted by Gasteiger charge is 2.31. The zero-order chi connectivity index (χ0) is 14.7. The fraction of sp³-hybridized carbons (Fsp3) is 0.647. The van der Waals surface area contributed by atoms with E-state index >= 15 is 0 Å². The van der Waals surface area contributed by atoms with Crippen molar-refractivity contribution in [2.75, 3.05) is 26.2 Å². The van der Waals surface area contributed by atoms with Crippen LogP contribution in [0.25, 0.3) is 0 Å². The third-order valence-electron chi connectivity index (χ3n) is 4.87. The Kier molecular flexibility index (Phi) is 5.44. The van der Waals surface area contributed by atoms with Crippen LogP contribution in [0.3, 0.4) is 0 Å². The molecule has 1 heterocycles. The number of piperazine rings is 1. The van der Waals surface area contributed by atoms with Gasteiger partial charge in [-0.2, -0.15) is 0 Å². The average molecular weight is 327 g/mol. The first-order valence-corrected chi connectivity index (χ1v) is 8.90. The molecule has 2 nitrogen and oxygen atoms in total. The van der Waals surface area contributed by atoms with E-state index in [1.165, 1.54) is 37.7 Å². The van der Waals surface area contributed by atoms with Gasteiger partial charge in [-0.15, -0.1) is 0 Å². The first-order valence-electron chi connectivity index (χ1n) is 8.15. The van der Waals surface area contributed by atoms with Crippen LogP contribution in [-0.4, -0.2) is 31.1 Å². The minimum atomic E-state index is 0.476. The van der Waals surface area contributed by atoms with Gasteiger partial charge in [0.2, 0.25) is 0 Å². The summed E-state index contributed by atoms with van der Waals surface area (Å²) < 4.78 is 0. The topological polar surface area (TPSA) is 15.3 Å². The normalized spacial score (nSPS) is 23.1.